The SMILES string of the molecule is CC1(c2ccccn2)CN(CCNCC(=O)O)C1. The van der Waals surface area contributed by atoms with Gasteiger partial charge in [-0.15, -0.1) is 0 Å². The van der Waals surface area contributed by atoms with Crippen LogP contribution in [-0.4, -0.2) is 53.7 Å². The monoisotopic (exact) mass is 249 g/mol. The summed E-state index contributed by atoms with van der Waals surface area (Å²) in [5, 5.41) is 11.4. The summed E-state index contributed by atoms with van der Waals surface area (Å²) in [6, 6.07) is 6.02. The average molecular weight is 249 g/mol. The van der Waals surface area contributed by atoms with E-state index in [1.54, 1.807) is 0 Å². The Morgan fingerprint density at radius 2 is 2.33 bits per heavy atom. The zero-order valence-electron chi connectivity index (χ0n) is 10.6. The highest BCUT2D eigenvalue weighted by atomic mass is 16.4. The lowest BCUT2D eigenvalue weighted by Gasteiger charge is -2.47. The van der Waals surface area contributed by atoms with Crippen molar-refractivity contribution in [2.75, 3.05) is 32.7 Å². The highest BCUT2D eigenvalue weighted by Gasteiger charge is 2.40. The van der Waals surface area contributed by atoms with Crippen molar-refractivity contribution in [2.45, 2.75) is 12.3 Å². The minimum atomic E-state index is -0.808. The molecule has 0 amide bonds. The van der Waals surface area contributed by atoms with Gasteiger partial charge in [-0.1, -0.05) is 13.0 Å². The number of carboxylic acid groups (broad SMARTS) is 1. The van der Waals surface area contributed by atoms with Crippen molar-refractivity contribution >= 4 is 5.97 Å². The number of likely N-dealkylation sites (tertiary alicyclic amines) is 1. The molecule has 1 aromatic heterocycles. The first-order valence-electron chi connectivity index (χ1n) is 6.16. The molecule has 18 heavy (non-hydrogen) atoms. The molecule has 5 heteroatoms. The normalized spacial score (nSPS) is 18.3. The van der Waals surface area contributed by atoms with E-state index < -0.39 is 5.97 Å². The number of pyridine rings is 1. The molecule has 0 aromatic carbocycles. The second kappa shape index (κ2) is 5.46. The van der Waals surface area contributed by atoms with Gasteiger partial charge in [0.05, 0.1) is 6.54 Å². The quantitative estimate of drug-likeness (QED) is 0.711. The molecule has 2 N–H and O–H groups in total. The van der Waals surface area contributed by atoms with Crippen LogP contribution < -0.4 is 5.32 Å². The van der Waals surface area contributed by atoms with Crippen LogP contribution in [0.4, 0.5) is 0 Å². The minimum absolute atomic E-state index is 0.0331. The second-order valence-electron chi connectivity index (χ2n) is 5.06. The van der Waals surface area contributed by atoms with Gasteiger partial charge in [-0.05, 0) is 12.1 Å². The van der Waals surface area contributed by atoms with Crippen molar-refractivity contribution in [1.82, 2.24) is 15.2 Å². The molecule has 1 fully saturated rings. The van der Waals surface area contributed by atoms with Crippen molar-refractivity contribution < 1.29 is 9.90 Å². The first-order chi connectivity index (χ1) is 8.60. The lowest BCUT2D eigenvalue weighted by Crippen LogP contribution is -2.59. The van der Waals surface area contributed by atoms with Gasteiger partial charge < -0.3 is 15.3 Å². The van der Waals surface area contributed by atoms with Crippen LogP contribution in [0.25, 0.3) is 0 Å². The van der Waals surface area contributed by atoms with Gasteiger partial charge in [0.2, 0.25) is 0 Å². The fourth-order valence-corrected chi connectivity index (χ4v) is 2.41. The fourth-order valence-electron chi connectivity index (χ4n) is 2.41. The third-order valence-electron chi connectivity index (χ3n) is 3.31. The van der Waals surface area contributed by atoms with E-state index in [1.165, 1.54) is 0 Å². The first kappa shape index (κ1) is 13.0. The van der Waals surface area contributed by atoms with Crippen molar-refractivity contribution in [1.29, 1.82) is 0 Å². The molecule has 98 valence electrons. The van der Waals surface area contributed by atoms with Crippen LogP contribution in [0.3, 0.4) is 0 Å². The molecule has 0 saturated carbocycles. The number of hydrogen-bond acceptors (Lipinski definition) is 4. The van der Waals surface area contributed by atoms with E-state index >= 15 is 0 Å². The molecule has 0 unspecified atom stereocenters. The van der Waals surface area contributed by atoms with Crippen molar-refractivity contribution in [3.63, 3.8) is 0 Å². The van der Waals surface area contributed by atoms with Crippen LogP contribution in [-0.2, 0) is 10.2 Å². The minimum Gasteiger partial charge on any atom is -0.480 e. The Kier molecular flexibility index (Phi) is 3.93. The molecule has 1 aliphatic heterocycles. The Bertz CT molecular complexity index is 402. The lowest BCUT2D eigenvalue weighted by atomic mass is 9.78. The molecule has 1 aromatic rings. The van der Waals surface area contributed by atoms with Crippen molar-refractivity contribution in [2.24, 2.45) is 0 Å². The summed E-state index contributed by atoms with van der Waals surface area (Å²) in [5.74, 6) is -0.808. The maximum absolute atomic E-state index is 10.3. The van der Waals surface area contributed by atoms with Crippen molar-refractivity contribution in [3.05, 3.63) is 30.1 Å². The second-order valence-corrected chi connectivity index (χ2v) is 5.06. The van der Waals surface area contributed by atoms with Crippen LogP contribution in [0, 0.1) is 0 Å². The van der Waals surface area contributed by atoms with E-state index in [-0.39, 0.29) is 12.0 Å². The number of nitrogens with one attached hydrogen (secondary N) is 1. The van der Waals surface area contributed by atoms with Gasteiger partial charge in [-0.2, -0.15) is 0 Å². The van der Waals surface area contributed by atoms with E-state index in [0.717, 1.165) is 25.3 Å². The number of aromatic nitrogens is 1. The fraction of sp³-hybridized carbons (Fsp3) is 0.538. The van der Waals surface area contributed by atoms with E-state index in [0.29, 0.717) is 6.54 Å². The molecule has 0 spiro atoms. The Morgan fingerprint density at radius 1 is 1.56 bits per heavy atom. The van der Waals surface area contributed by atoms with E-state index in [4.69, 9.17) is 5.11 Å². The molecule has 2 heterocycles. The molecule has 2 rings (SSSR count). The number of carboxylic acids is 1. The van der Waals surface area contributed by atoms with E-state index in [1.807, 2.05) is 18.3 Å². The third-order valence-corrected chi connectivity index (χ3v) is 3.31. The van der Waals surface area contributed by atoms with Crippen LogP contribution >= 0.6 is 0 Å². The van der Waals surface area contributed by atoms with Gasteiger partial charge in [0.25, 0.3) is 0 Å². The predicted molar refractivity (Wildman–Crippen MR) is 68.5 cm³/mol. The molecule has 1 aliphatic rings. The topological polar surface area (TPSA) is 65.5 Å². The Hall–Kier alpha value is -1.46. The van der Waals surface area contributed by atoms with E-state index in [2.05, 4.69) is 28.2 Å². The zero-order valence-corrected chi connectivity index (χ0v) is 10.6. The summed E-state index contributed by atoms with van der Waals surface area (Å²) in [5.41, 5.74) is 1.29. The third kappa shape index (κ3) is 3.05. The first-order valence-corrected chi connectivity index (χ1v) is 6.16. The van der Waals surface area contributed by atoms with Crippen LogP contribution in [0.2, 0.25) is 0 Å². The van der Waals surface area contributed by atoms with Gasteiger partial charge >= 0.3 is 5.97 Å². The molecule has 0 radical (unpaired) electrons. The largest absolute Gasteiger partial charge is 0.480 e. The lowest BCUT2D eigenvalue weighted by molar-refractivity contribution is -0.135. The molecular formula is C13H19N3O2. The number of nitrogens with zero attached hydrogens (tertiary/aromatic N) is 2. The summed E-state index contributed by atoms with van der Waals surface area (Å²) in [4.78, 5) is 17.0. The maximum Gasteiger partial charge on any atom is 0.317 e. The Labute approximate surface area is 107 Å². The average Bonchev–Trinajstić information content (AvgIpc) is 2.32. The van der Waals surface area contributed by atoms with E-state index in [9.17, 15) is 4.79 Å². The summed E-state index contributed by atoms with van der Waals surface area (Å²) in [7, 11) is 0. The summed E-state index contributed by atoms with van der Waals surface area (Å²) < 4.78 is 0. The predicted octanol–water partition coefficient (Wildman–Crippen LogP) is 0.329. The number of aliphatic carboxylic acids is 1. The van der Waals surface area contributed by atoms with Gasteiger partial charge in [0.1, 0.15) is 0 Å². The van der Waals surface area contributed by atoms with Gasteiger partial charge in [-0.25, -0.2) is 0 Å². The van der Waals surface area contributed by atoms with Crippen LogP contribution in [0.5, 0.6) is 0 Å². The summed E-state index contributed by atoms with van der Waals surface area (Å²) in [6.07, 6.45) is 1.83. The highest BCUT2D eigenvalue weighted by molar-refractivity contribution is 5.68. The maximum atomic E-state index is 10.3. The number of carbonyl (C=O) groups is 1. The van der Waals surface area contributed by atoms with Gasteiger partial charge in [-0.3, -0.25) is 9.78 Å². The molecule has 5 nitrogen and oxygen atoms in total. The smallest absolute Gasteiger partial charge is 0.317 e. The standard InChI is InChI=1S/C13H19N3O2/c1-13(11-4-2-3-5-15-11)9-16(10-13)7-6-14-8-12(17)18/h2-5,14H,6-10H2,1H3,(H,17,18). The number of rotatable bonds is 6. The van der Waals surface area contributed by atoms with Crippen LogP contribution in [0.1, 0.15) is 12.6 Å². The Morgan fingerprint density at radius 3 is 2.94 bits per heavy atom. The van der Waals surface area contributed by atoms with Crippen molar-refractivity contribution in [3.8, 4) is 0 Å². The highest BCUT2D eigenvalue weighted by Crippen LogP contribution is 2.32. The molecule has 0 aliphatic carbocycles. The molecular weight excluding hydrogens is 230 g/mol. The van der Waals surface area contributed by atoms with Crippen LogP contribution in [0.15, 0.2) is 24.4 Å². The molecule has 0 atom stereocenters. The van der Waals surface area contributed by atoms with Gasteiger partial charge in [0.15, 0.2) is 0 Å². The van der Waals surface area contributed by atoms with Gasteiger partial charge in [0, 0.05) is 43.5 Å². The molecule has 1 saturated heterocycles. The summed E-state index contributed by atoms with van der Waals surface area (Å²) >= 11 is 0. The molecule has 0 bridgehead atoms. The summed E-state index contributed by atoms with van der Waals surface area (Å²) in [6.45, 7) is 5.82. The number of hydrogen-bond donors (Lipinski definition) is 2. The zero-order chi connectivity index (χ0) is 13.0. The Balaban J connectivity index is 1.72.